The van der Waals surface area contributed by atoms with Gasteiger partial charge in [-0.25, -0.2) is 13.4 Å². The number of fused-ring (bicyclic) bond motifs is 1. The summed E-state index contributed by atoms with van der Waals surface area (Å²) < 4.78 is 32.9. The molecule has 0 aliphatic rings. The van der Waals surface area contributed by atoms with Crippen LogP contribution in [0.2, 0.25) is 5.02 Å². The van der Waals surface area contributed by atoms with Gasteiger partial charge in [-0.3, -0.25) is 19.4 Å². The third kappa shape index (κ3) is 6.35. The van der Waals surface area contributed by atoms with E-state index in [1.807, 2.05) is 19.1 Å². The molecule has 0 atom stereocenters. The molecule has 0 saturated carbocycles. The van der Waals surface area contributed by atoms with Crippen LogP contribution in [0.25, 0.3) is 17.0 Å². The highest BCUT2D eigenvalue weighted by atomic mass is 35.5. The van der Waals surface area contributed by atoms with E-state index in [0.717, 1.165) is 11.8 Å². The summed E-state index contributed by atoms with van der Waals surface area (Å²) in [6.45, 7) is 1.61. The molecule has 5 N–H and O–H groups in total. The molecule has 0 spiro atoms. The Balaban J connectivity index is 1.49. The van der Waals surface area contributed by atoms with Crippen molar-refractivity contribution in [2.75, 3.05) is 21.6 Å². The number of rotatable bonds is 10. The van der Waals surface area contributed by atoms with E-state index in [1.54, 1.807) is 24.3 Å². The number of carbonyl (C=O) groups excluding carboxylic acids is 2. The highest BCUT2D eigenvalue weighted by Gasteiger charge is 2.20. The van der Waals surface area contributed by atoms with E-state index in [0.29, 0.717) is 34.8 Å². The summed E-state index contributed by atoms with van der Waals surface area (Å²) >= 11 is 6.22. The lowest BCUT2D eigenvalue weighted by Gasteiger charge is -2.12. The molecule has 42 heavy (non-hydrogen) atoms. The first-order valence-corrected chi connectivity index (χ1v) is 14.6. The molecule has 0 unspecified atom stereocenters. The third-order valence-corrected chi connectivity index (χ3v) is 6.85. The number of aromatic amines is 1. The fraction of sp³-hybridized carbons (Fsp3) is 0.111. The lowest BCUT2D eigenvalue weighted by Crippen LogP contribution is -2.15. The first kappa shape index (κ1) is 28.6. The van der Waals surface area contributed by atoms with Gasteiger partial charge in [0.05, 0.1) is 23.4 Å². The van der Waals surface area contributed by atoms with Crippen molar-refractivity contribution in [3.63, 3.8) is 0 Å². The number of anilines is 3. The number of H-pyrrole nitrogens is 1. The van der Waals surface area contributed by atoms with Crippen LogP contribution < -0.4 is 20.1 Å². The van der Waals surface area contributed by atoms with Crippen molar-refractivity contribution in [3.05, 3.63) is 82.5 Å². The van der Waals surface area contributed by atoms with Gasteiger partial charge >= 0.3 is 0 Å². The van der Waals surface area contributed by atoms with Crippen LogP contribution in [0.3, 0.4) is 0 Å². The summed E-state index contributed by atoms with van der Waals surface area (Å²) in [5.74, 6) is 0.422. The number of aliphatic hydroxyl groups is 1. The molecule has 2 heterocycles. The zero-order valence-corrected chi connectivity index (χ0v) is 23.7. The topological polar surface area (TPSA) is 180 Å². The average Bonchev–Trinajstić information content (AvgIpc) is 3.49. The fourth-order valence-electron chi connectivity index (χ4n) is 4.07. The minimum atomic E-state index is -3.58. The first-order chi connectivity index (χ1) is 20.0. The summed E-state index contributed by atoms with van der Waals surface area (Å²) in [5.41, 5.74) is 2.94. The Kier molecular flexibility index (Phi) is 7.85. The molecule has 5 aromatic rings. The van der Waals surface area contributed by atoms with Crippen molar-refractivity contribution >= 4 is 56.7 Å². The Morgan fingerprint density at radius 1 is 1.10 bits per heavy atom. The number of nitrogens with zero attached hydrogens (tertiary/aromatic N) is 3. The average molecular weight is 610 g/mol. The number of hydrogen-bond acceptors (Lipinski definition) is 8. The molecule has 2 aromatic heterocycles. The number of aliphatic hydroxyl groups excluding tert-OH is 1. The molecular weight excluding hydrogens is 586 g/mol. The van der Waals surface area contributed by atoms with E-state index >= 15 is 0 Å². The zero-order chi connectivity index (χ0) is 30.0. The Bertz CT molecular complexity index is 1920. The molecule has 216 valence electrons. The van der Waals surface area contributed by atoms with Crippen molar-refractivity contribution < 1.29 is 27.9 Å². The first-order valence-electron chi connectivity index (χ1n) is 12.3. The molecule has 0 radical (unpaired) electrons. The minimum Gasteiger partial charge on any atom is -0.451 e. The van der Waals surface area contributed by atoms with Gasteiger partial charge in [0.1, 0.15) is 11.4 Å². The van der Waals surface area contributed by atoms with Crippen LogP contribution in [0.5, 0.6) is 11.5 Å². The van der Waals surface area contributed by atoms with Gasteiger partial charge in [0.2, 0.25) is 22.1 Å². The predicted octanol–water partition coefficient (Wildman–Crippen LogP) is 4.16. The minimum absolute atomic E-state index is 0.0171. The van der Waals surface area contributed by atoms with Crippen LogP contribution in [0.15, 0.2) is 60.7 Å². The summed E-state index contributed by atoms with van der Waals surface area (Å²) in [5, 5.41) is 22.6. The number of aryl methyl sites for hydroxylation is 1. The largest absolute Gasteiger partial charge is 0.451 e. The van der Waals surface area contributed by atoms with Crippen molar-refractivity contribution in [1.29, 1.82) is 0 Å². The molecule has 0 aliphatic carbocycles. The van der Waals surface area contributed by atoms with Gasteiger partial charge in [-0.05, 0) is 55.5 Å². The number of hydrogen-bond donors (Lipinski definition) is 5. The smallest absolute Gasteiger partial charge is 0.257 e. The van der Waals surface area contributed by atoms with E-state index in [2.05, 4.69) is 30.5 Å². The van der Waals surface area contributed by atoms with E-state index in [4.69, 9.17) is 16.3 Å². The fourth-order valence-corrected chi connectivity index (χ4v) is 4.83. The Hall–Kier alpha value is -4.92. The maximum Gasteiger partial charge on any atom is 0.257 e. The molecule has 15 heteroatoms. The van der Waals surface area contributed by atoms with Gasteiger partial charge < -0.3 is 20.5 Å². The second-order valence-corrected chi connectivity index (χ2v) is 11.4. The molecule has 13 nitrogen and oxygen atoms in total. The number of nitrogens with one attached hydrogen (secondary N) is 4. The van der Waals surface area contributed by atoms with Crippen LogP contribution in [-0.2, 0) is 21.4 Å². The van der Waals surface area contributed by atoms with Crippen LogP contribution in [-0.4, -0.2) is 51.9 Å². The van der Waals surface area contributed by atoms with Gasteiger partial charge in [0.25, 0.3) is 5.91 Å². The molecule has 0 fully saturated rings. The Labute approximate surface area is 244 Å². The molecule has 5 rings (SSSR count). The van der Waals surface area contributed by atoms with Crippen LogP contribution in [0, 0.1) is 6.92 Å². The Morgan fingerprint density at radius 3 is 2.52 bits per heavy atom. The van der Waals surface area contributed by atoms with Gasteiger partial charge in [0, 0.05) is 22.6 Å². The number of ether oxygens (including phenoxy) is 1. The van der Waals surface area contributed by atoms with Crippen LogP contribution >= 0.6 is 11.6 Å². The predicted molar refractivity (Wildman–Crippen MR) is 158 cm³/mol. The summed E-state index contributed by atoms with van der Waals surface area (Å²) in [4.78, 5) is 28.9. The van der Waals surface area contributed by atoms with Crippen molar-refractivity contribution in [1.82, 2.24) is 19.8 Å². The summed E-state index contributed by atoms with van der Waals surface area (Å²) in [7, 11) is -3.58. The molecule has 0 bridgehead atoms. The Morgan fingerprint density at radius 2 is 1.83 bits per heavy atom. The van der Waals surface area contributed by atoms with Gasteiger partial charge in [-0.15, -0.1) is 9.73 Å². The second-order valence-electron chi connectivity index (χ2n) is 9.25. The highest BCUT2D eigenvalue weighted by molar-refractivity contribution is 7.92. The summed E-state index contributed by atoms with van der Waals surface area (Å²) in [6.07, 6.45) is 1.47. The zero-order valence-electron chi connectivity index (χ0n) is 22.2. The van der Waals surface area contributed by atoms with E-state index in [9.17, 15) is 23.1 Å². The third-order valence-electron chi connectivity index (χ3n) is 5.91. The molecule has 2 amide bonds. The lowest BCUT2D eigenvalue weighted by atomic mass is 10.1. The van der Waals surface area contributed by atoms with Gasteiger partial charge in [-0.2, -0.15) is 0 Å². The van der Waals surface area contributed by atoms with Gasteiger partial charge in [-0.1, -0.05) is 29.3 Å². The van der Waals surface area contributed by atoms with E-state index in [-0.39, 0.29) is 40.1 Å². The quantitative estimate of drug-likeness (QED) is 0.146. The normalized spacial score (nSPS) is 11.3. The maximum absolute atomic E-state index is 13.1. The number of aromatic nitrogens is 4. The second kappa shape index (κ2) is 11.5. The number of benzene rings is 3. The van der Waals surface area contributed by atoms with Gasteiger partial charge in [0.15, 0.2) is 11.6 Å². The number of sulfonamides is 1. The maximum atomic E-state index is 13.1. The van der Waals surface area contributed by atoms with Crippen LogP contribution in [0.1, 0.15) is 21.6 Å². The summed E-state index contributed by atoms with van der Waals surface area (Å²) in [6, 6.07) is 16.2. The van der Waals surface area contributed by atoms with E-state index < -0.39 is 15.9 Å². The molecular formula is C27H24ClN7O6S. The molecule has 3 aromatic carbocycles. The number of amides is 2. The van der Waals surface area contributed by atoms with Crippen LogP contribution in [0.4, 0.5) is 17.1 Å². The monoisotopic (exact) mass is 609 g/mol. The number of halogens is 1. The molecule has 0 saturated heterocycles. The van der Waals surface area contributed by atoms with Crippen molar-refractivity contribution in [2.45, 2.75) is 13.5 Å². The number of carbonyl (C=O) groups is 2. The van der Waals surface area contributed by atoms with E-state index in [1.165, 1.54) is 28.9 Å². The van der Waals surface area contributed by atoms with Crippen molar-refractivity contribution in [3.8, 4) is 22.9 Å². The highest BCUT2D eigenvalue weighted by Crippen LogP contribution is 2.33. The lowest BCUT2D eigenvalue weighted by molar-refractivity contribution is -0.105. The SMILES string of the molecule is Cc1ccc(Oc2c(CO)[nH]n3nc(-c4cc(NC=O)cc(NC(=O)c5cc(NS(C)(=O)=O)ccc5Cl)c4)nc23)cc1. The standard InChI is InChI=1S/C27H24ClN7O6S/c1-15-3-6-20(7-4-15)41-24-23(13-36)32-35-26(24)31-25(33-35)16-9-18(29-14-37)11-19(10-16)30-27(38)21-12-17(5-8-22(21)28)34-42(2,39)40/h3-12,14,32,34,36H,13H2,1-2H3,(H,29,37)(H,30,38). The molecule has 0 aliphatic heterocycles. The van der Waals surface area contributed by atoms with Crippen molar-refractivity contribution in [2.24, 2.45) is 0 Å².